The number of carbonyl (C=O) groups is 2. The molecular formula is C21H31N3O4. The van der Waals surface area contributed by atoms with Crippen molar-refractivity contribution >= 4 is 17.6 Å². The number of rotatable bonds is 5. The van der Waals surface area contributed by atoms with Gasteiger partial charge in [0.1, 0.15) is 5.75 Å². The van der Waals surface area contributed by atoms with Crippen molar-refractivity contribution in [3.05, 3.63) is 24.3 Å². The summed E-state index contributed by atoms with van der Waals surface area (Å²) >= 11 is 0. The normalized spacial score (nSPS) is 20.1. The van der Waals surface area contributed by atoms with Gasteiger partial charge in [-0.2, -0.15) is 0 Å². The van der Waals surface area contributed by atoms with Gasteiger partial charge in [0.15, 0.2) is 0 Å². The van der Waals surface area contributed by atoms with E-state index in [1.807, 2.05) is 30.9 Å². The van der Waals surface area contributed by atoms with E-state index >= 15 is 0 Å². The number of aromatic hydroxyl groups is 1. The molecule has 0 aliphatic carbocycles. The van der Waals surface area contributed by atoms with Crippen molar-refractivity contribution in [2.75, 3.05) is 50.8 Å². The molecule has 0 aromatic heterocycles. The molecule has 3 rings (SSSR count). The molecule has 7 heteroatoms. The highest BCUT2D eigenvalue weighted by atomic mass is 16.5. The standard InChI is InChI=1S/C21H31N3O4/c1-3-28-21(27)17-8-10-24(11-9-17)20(26)16(2)22-12-14-23(15-13-22)18-4-6-19(25)7-5-18/h4-7,16-17,25H,3,8-15H2,1-2H3/t16-/m0/s1. The summed E-state index contributed by atoms with van der Waals surface area (Å²) in [6, 6.07) is 7.10. The maximum Gasteiger partial charge on any atom is 0.309 e. The maximum absolute atomic E-state index is 12.9. The monoisotopic (exact) mass is 389 g/mol. The molecule has 2 fully saturated rings. The first kappa shape index (κ1) is 20.5. The van der Waals surface area contributed by atoms with E-state index in [2.05, 4.69) is 9.80 Å². The van der Waals surface area contributed by atoms with E-state index in [0.717, 1.165) is 31.9 Å². The molecule has 28 heavy (non-hydrogen) atoms. The topological polar surface area (TPSA) is 73.3 Å². The molecule has 1 aromatic rings. The number of benzene rings is 1. The highest BCUT2D eigenvalue weighted by Gasteiger charge is 2.33. The first-order chi connectivity index (χ1) is 13.5. The maximum atomic E-state index is 12.9. The van der Waals surface area contributed by atoms with Gasteiger partial charge in [0, 0.05) is 45.0 Å². The Morgan fingerprint density at radius 3 is 2.25 bits per heavy atom. The molecule has 0 saturated carbocycles. The number of hydrogen-bond donors (Lipinski definition) is 1. The number of piperazine rings is 1. The highest BCUT2D eigenvalue weighted by molar-refractivity contribution is 5.82. The first-order valence-corrected chi connectivity index (χ1v) is 10.2. The third kappa shape index (κ3) is 4.76. The lowest BCUT2D eigenvalue weighted by molar-refractivity contribution is -0.152. The van der Waals surface area contributed by atoms with Gasteiger partial charge >= 0.3 is 5.97 Å². The second-order valence-electron chi connectivity index (χ2n) is 7.57. The van der Waals surface area contributed by atoms with Gasteiger partial charge in [0.2, 0.25) is 5.91 Å². The Balaban J connectivity index is 1.47. The minimum atomic E-state index is -0.152. The van der Waals surface area contributed by atoms with Crippen LogP contribution in [0.5, 0.6) is 5.75 Å². The molecule has 1 N–H and O–H groups in total. The van der Waals surface area contributed by atoms with Crippen molar-refractivity contribution in [2.45, 2.75) is 32.7 Å². The fraction of sp³-hybridized carbons (Fsp3) is 0.619. The average Bonchev–Trinajstić information content (AvgIpc) is 2.74. The van der Waals surface area contributed by atoms with Gasteiger partial charge in [0.05, 0.1) is 18.6 Å². The summed E-state index contributed by atoms with van der Waals surface area (Å²) in [7, 11) is 0. The van der Waals surface area contributed by atoms with E-state index in [-0.39, 0.29) is 29.6 Å². The van der Waals surface area contributed by atoms with Crippen LogP contribution in [0.2, 0.25) is 0 Å². The lowest BCUT2D eigenvalue weighted by atomic mass is 9.96. The molecule has 1 amide bonds. The number of hydrogen-bond acceptors (Lipinski definition) is 6. The van der Waals surface area contributed by atoms with Crippen molar-refractivity contribution in [3.8, 4) is 5.75 Å². The summed E-state index contributed by atoms with van der Waals surface area (Å²) in [5.74, 6) is 0.217. The number of nitrogens with zero attached hydrogens (tertiary/aromatic N) is 3. The van der Waals surface area contributed by atoms with E-state index in [1.54, 1.807) is 12.1 Å². The molecule has 1 atom stereocenters. The summed E-state index contributed by atoms with van der Waals surface area (Å²) in [5.41, 5.74) is 1.09. The fourth-order valence-corrected chi connectivity index (χ4v) is 4.05. The fourth-order valence-electron chi connectivity index (χ4n) is 4.05. The minimum Gasteiger partial charge on any atom is -0.508 e. The number of phenols is 1. The molecule has 2 heterocycles. The third-order valence-corrected chi connectivity index (χ3v) is 5.86. The predicted octanol–water partition coefficient (Wildman–Crippen LogP) is 1.70. The summed E-state index contributed by atoms with van der Waals surface area (Å²) in [6.07, 6.45) is 1.37. The molecule has 2 aliphatic rings. The van der Waals surface area contributed by atoms with Crippen LogP contribution >= 0.6 is 0 Å². The van der Waals surface area contributed by atoms with Crippen LogP contribution in [0.1, 0.15) is 26.7 Å². The SMILES string of the molecule is CCOC(=O)C1CCN(C(=O)[C@H](C)N2CCN(c3ccc(O)cc3)CC2)CC1. The van der Waals surface area contributed by atoms with Gasteiger partial charge in [-0.15, -0.1) is 0 Å². The van der Waals surface area contributed by atoms with Crippen LogP contribution in [0.3, 0.4) is 0 Å². The van der Waals surface area contributed by atoms with E-state index in [1.165, 1.54) is 0 Å². The van der Waals surface area contributed by atoms with Crippen LogP contribution < -0.4 is 4.90 Å². The highest BCUT2D eigenvalue weighted by Crippen LogP contribution is 2.22. The minimum absolute atomic E-state index is 0.0758. The van der Waals surface area contributed by atoms with E-state index in [9.17, 15) is 14.7 Å². The van der Waals surface area contributed by atoms with Gasteiger partial charge in [-0.05, 0) is 51.0 Å². The third-order valence-electron chi connectivity index (χ3n) is 5.86. The van der Waals surface area contributed by atoms with E-state index < -0.39 is 0 Å². The zero-order chi connectivity index (χ0) is 20.1. The van der Waals surface area contributed by atoms with Gasteiger partial charge in [-0.25, -0.2) is 0 Å². The summed E-state index contributed by atoms with van der Waals surface area (Å²) in [4.78, 5) is 31.2. The van der Waals surface area contributed by atoms with Crippen LogP contribution in [0.4, 0.5) is 5.69 Å². The number of ether oxygens (including phenoxy) is 1. The van der Waals surface area contributed by atoms with Crippen molar-refractivity contribution < 1.29 is 19.4 Å². The Labute approximate surface area is 166 Å². The van der Waals surface area contributed by atoms with Crippen molar-refractivity contribution in [3.63, 3.8) is 0 Å². The molecule has 0 bridgehead atoms. The molecule has 2 saturated heterocycles. The van der Waals surface area contributed by atoms with Crippen LogP contribution in [-0.4, -0.2) is 78.7 Å². The zero-order valence-electron chi connectivity index (χ0n) is 16.8. The van der Waals surface area contributed by atoms with E-state index in [4.69, 9.17) is 4.74 Å². The quantitative estimate of drug-likeness (QED) is 0.773. The number of amides is 1. The Morgan fingerprint density at radius 1 is 1.07 bits per heavy atom. The van der Waals surface area contributed by atoms with Crippen LogP contribution in [0, 0.1) is 5.92 Å². The van der Waals surface area contributed by atoms with E-state index in [0.29, 0.717) is 32.5 Å². The van der Waals surface area contributed by atoms with Crippen molar-refractivity contribution in [1.29, 1.82) is 0 Å². The van der Waals surface area contributed by atoms with Crippen molar-refractivity contribution in [2.24, 2.45) is 5.92 Å². The Kier molecular flexibility index (Phi) is 6.78. The van der Waals surface area contributed by atoms with Crippen LogP contribution in [-0.2, 0) is 14.3 Å². The number of anilines is 1. The second-order valence-corrected chi connectivity index (χ2v) is 7.57. The molecule has 7 nitrogen and oxygen atoms in total. The Bertz CT molecular complexity index is 663. The number of likely N-dealkylation sites (tertiary alicyclic amines) is 1. The molecule has 0 spiro atoms. The van der Waals surface area contributed by atoms with Crippen molar-refractivity contribution in [1.82, 2.24) is 9.80 Å². The molecule has 1 aromatic carbocycles. The van der Waals surface area contributed by atoms with Gasteiger partial charge < -0.3 is 19.6 Å². The van der Waals surface area contributed by atoms with Gasteiger partial charge in [0.25, 0.3) is 0 Å². The molecule has 2 aliphatic heterocycles. The van der Waals surface area contributed by atoms with Gasteiger partial charge in [-0.1, -0.05) is 0 Å². The number of phenolic OH excluding ortho intramolecular Hbond substituents is 1. The smallest absolute Gasteiger partial charge is 0.309 e. The Morgan fingerprint density at radius 2 is 1.68 bits per heavy atom. The van der Waals surface area contributed by atoms with Crippen LogP contribution in [0.15, 0.2) is 24.3 Å². The Hall–Kier alpha value is -2.28. The predicted molar refractivity (Wildman–Crippen MR) is 107 cm³/mol. The molecule has 154 valence electrons. The van der Waals surface area contributed by atoms with Gasteiger partial charge in [-0.3, -0.25) is 14.5 Å². The second kappa shape index (κ2) is 9.28. The summed E-state index contributed by atoms with van der Waals surface area (Å²) < 4.78 is 5.10. The number of carbonyl (C=O) groups excluding carboxylic acids is 2. The summed E-state index contributed by atoms with van der Waals surface area (Å²) in [5, 5.41) is 9.43. The van der Waals surface area contributed by atoms with Crippen LogP contribution in [0.25, 0.3) is 0 Å². The summed E-state index contributed by atoms with van der Waals surface area (Å²) in [6.45, 7) is 8.82. The molecule has 0 unspecified atom stereocenters. The molecular weight excluding hydrogens is 358 g/mol. The average molecular weight is 389 g/mol. The lowest BCUT2D eigenvalue weighted by Crippen LogP contribution is -2.55. The zero-order valence-corrected chi connectivity index (χ0v) is 16.8. The molecule has 0 radical (unpaired) electrons. The largest absolute Gasteiger partial charge is 0.508 e. The first-order valence-electron chi connectivity index (χ1n) is 10.2. The lowest BCUT2D eigenvalue weighted by Gasteiger charge is -2.40. The number of esters is 1. The number of piperidine rings is 1.